The minimum absolute atomic E-state index is 0.0846. The number of carbonyl (C=O) groups excluding carboxylic acids is 1. The molecule has 1 aliphatic heterocycles. The Morgan fingerprint density at radius 1 is 1.09 bits per heavy atom. The van der Waals surface area contributed by atoms with Gasteiger partial charge in [0.1, 0.15) is 17.5 Å². The number of esters is 1. The number of phenols is 1. The third-order valence-electron chi connectivity index (χ3n) is 7.75. The summed E-state index contributed by atoms with van der Waals surface area (Å²) in [6.45, 7) is 9.73. The number of thiazole rings is 1. The topological polar surface area (TPSA) is 93.4 Å². The molecule has 0 fully saturated rings. The highest BCUT2D eigenvalue weighted by atomic mass is 32.1. The van der Waals surface area contributed by atoms with Gasteiger partial charge in [-0.2, -0.15) is 0 Å². The summed E-state index contributed by atoms with van der Waals surface area (Å²) in [4.78, 5) is 35.4. The SMILES string of the molecule is CCCC1=C(C(=O)OCC)[C@H](c2c(OC)ccc3ccccc23)n2c(s/c(=C\c3ccc(N(CC)CC)cc3O)c2=O)=N1. The number of aromatic nitrogens is 1. The van der Waals surface area contributed by atoms with Gasteiger partial charge in [-0.3, -0.25) is 9.36 Å². The third-order valence-corrected chi connectivity index (χ3v) is 8.73. The van der Waals surface area contributed by atoms with Gasteiger partial charge in [-0.25, -0.2) is 9.79 Å². The number of benzene rings is 3. The average molecular weight is 600 g/mol. The van der Waals surface area contributed by atoms with Crippen LogP contribution < -0.4 is 24.5 Å². The van der Waals surface area contributed by atoms with Gasteiger partial charge in [0.05, 0.1) is 29.5 Å². The molecule has 0 saturated heterocycles. The number of rotatable bonds is 10. The summed E-state index contributed by atoms with van der Waals surface area (Å²) in [7, 11) is 1.59. The van der Waals surface area contributed by atoms with Gasteiger partial charge in [0.2, 0.25) is 0 Å². The molecule has 1 aliphatic rings. The second kappa shape index (κ2) is 12.9. The van der Waals surface area contributed by atoms with Crippen molar-refractivity contribution < 1.29 is 19.4 Å². The molecule has 0 unspecified atom stereocenters. The molecule has 3 aromatic carbocycles. The summed E-state index contributed by atoms with van der Waals surface area (Å²) in [5, 5.41) is 12.7. The van der Waals surface area contributed by atoms with Crippen molar-refractivity contribution in [2.45, 2.75) is 46.6 Å². The van der Waals surface area contributed by atoms with E-state index < -0.39 is 12.0 Å². The van der Waals surface area contributed by atoms with E-state index in [2.05, 4.69) is 18.7 Å². The lowest BCUT2D eigenvalue weighted by molar-refractivity contribution is -0.139. The predicted octanol–water partition coefficient (Wildman–Crippen LogP) is 5.29. The molecule has 0 saturated carbocycles. The van der Waals surface area contributed by atoms with Gasteiger partial charge in [-0.05, 0) is 62.2 Å². The molecule has 0 amide bonds. The van der Waals surface area contributed by atoms with Crippen molar-refractivity contribution in [3.8, 4) is 11.5 Å². The summed E-state index contributed by atoms with van der Waals surface area (Å²) < 4.78 is 13.4. The van der Waals surface area contributed by atoms with Crippen molar-refractivity contribution in [2.24, 2.45) is 4.99 Å². The monoisotopic (exact) mass is 599 g/mol. The zero-order chi connectivity index (χ0) is 30.7. The first-order valence-electron chi connectivity index (χ1n) is 14.7. The highest BCUT2D eigenvalue weighted by molar-refractivity contribution is 7.07. The molecule has 9 heteroatoms. The predicted molar refractivity (Wildman–Crippen MR) is 172 cm³/mol. The smallest absolute Gasteiger partial charge is 0.338 e. The Morgan fingerprint density at radius 2 is 1.86 bits per heavy atom. The van der Waals surface area contributed by atoms with Gasteiger partial charge in [0.25, 0.3) is 5.56 Å². The van der Waals surface area contributed by atoms with Crippen molar-refractivity contribution in [1.29, 1.82) is 0 Å². The molecule has 43 heavy (non-hydrogen) atoms. The normalized spacial score (nSPS) is 14.9. The van der Waals surface area contributed by atoms with E-state index in [-0.39, 0.29) is 17.9 Å². The number of phenolic OH excluding ortho intramolecular Hbond substituents is 1. The second-order valence-electron chi connectivity index (χ2n) is 10.2. The van der Waals surface area contributed by atoms with E-state index in [4.69, 9.17) is 14.5 Å². The van der Waals surface area contributed by atoms with E-state index in [1.165, 1.54) is 11.3 Å². The lowest BCUT2D eigenvalue weighted by Crippen LogP contribution is -2.40. The molecular formula is C34H37N3O5S. The Kier molecular flexibility index (Phi) is 9.01. The minimum Gasteiger partial charge on any atom is -0.507 e. The summed E-state index contributed by atoms with van der Waals surface area (Å²) >= 11 is 1.24. The molecule has 1 atom stereocenters. The molecule has 0 spiro atoms. The van der Waals surface area contributed by atoms with Crippen LogP contribution in [0.15, 0.2) is 75.7 Å². The number of methoxy groups -OCH3 is 1. The molecule has 1 aromatic heterocycles. The molecule has 224 valence electrons. The van der Waals surface area contributed by atoms with Gasteiger partial charge in [0.15, 0.2) is 4.80 Å². The van der Waals surface area contributed by atoms with Crippen LogP contribution >= 0.6 is 11.3 Å². The first kappa shape index (κ1) is 30.1. The van der Waals surface area contributed by atoms with E-state index in [1.807, 2.05) is 55.5 Å². The highest BCUT2D eigenvalue weighted by Gasteiger charge is 2.37. The Labute approximate surface area is 254 Å². The zero-order valence-corrected chi connectivity index (χ0v) is 26.0. The minimum atomic E-state index is -0.821. The Morgan fingerprint density at radius 3 is 2.53 bits per heavy atom. The Balaban J connectivity index is 1.80. The number of aromatic hydroxyl groups is 1. The molecule has 2 heterocycles. The van der Waals surface area contributed by atoms with Gasteiger partial charge in [-0.1, -0.05) is 55.0 Å². The quantitative estimate of drug-likeness (QED) is 0.249. The first-order chi connectivity index (χ1) is 20.9. The van der Waals surface area contributed by atoms with Crippen LogP contribution in [0, 0.1) is 0 Å². The van der Waals surface area contributed by atoms with Gasteiger partial charge in [-0.15, -0.1) is 0 Å². The lowest BCUT2D eigenvalue weighted by Gasteiger charge is -2.28. The molecule has 5 rings (SSSR count). The van der Waals surface area contributed by atoms with Crippen molar-refractivity contribution in [1.82, 2.24) is 4.57 Å². The van der Waals surface area contributed by atoms with E-state index in [0.717, 1.165) is 36.0 Å². The van der Waals surface area contributed by atoms with Crippen LogP contribution in [0.1, 0.15) is 57.7 Å². The largest absolute Gasteiger partial charge is 0.507 e. The van der Waals surface area contributed by atoms with E-state index >= 15 is 0 Å². The molecule has 4 aromatic rings. The fraction of sp³-hybridized carbons (Fsp3) is 0.324. The lowest BCUT2D eigenvalue weighted by atomic mass is 9.90. The Hall–Kier alpha value is -4.37. The number of hydrogen-bond acceptors (Lipinski definition) is 8. The maximum Gasteiger partial charge on any atom is 0.338 e. The zero-order valence-electron chi connectivity index (χ0n) is 25.2. The van der Waals surface area contributed by atoms with Crippen LogP contribution in [0.3, 0.4) is 0 Å². The first-order valence-corrected chi connectivity index (χ1v) is 15.5. The van der Waals surface area contributed by atoms with Crippen LogP contribution in [0.5, 0.6) is 11.5 Å². The number of anilines is 1. The number of nitrogens with zero attached hydrogens (tertiary/aromatic N) is 3. The number of fused-ring (bicyclic) bond motifs is 2. The van der Waals surface area contributed by atoms with Gasteiger partial charge < -0.3 is 19.5 Å². The fourth-order valence-corrected chi connectivity index (χ4v) is 6.72. The van der Waals surface area contributed by atoms with E-state index in [1.54, 1.807) is 30.7 Å². The summed E-state index contributed by atoms with van der Waals surface area (Å²) in [6, 6.07) is 16.3. The van der Waals surface area contributed by atoms with Crippen LogP contribution in [0.2, 0.25) is 0 Å². The van der Waals surface area contributed by atoms with Crippen molar-refractivity contribution >= 4 is 39.8 Å². The molecule has 0 bridgehead atoms. The third kappa shape index (κ3) is 5.57. The Bertz CT molecular complexity index is 1880. The number of hydrogen-bond donors (Lipinski definition) is 1. The van der Waals surface area contributed by atoms with Crippen LogP contribution in [0.4, 0.5) is 5.69 Å². The number of ether oxygens (including phenoxy) is 2. The van der Waals surface area contributed by atoms with E-state index in [9.17, 15) is 14.7 Å². The number of allylic oxidation sites excluding steroid dienone is 1. The number of carbonyl (C=O) groups is 1. The molecule has 0 radical (unpaired) electrons. The van der Waals surface area contributed by atoms with Crippen molar-refractivity contribution in [3.05, 3.63) is 96.7 Å². The molecular weight excluding hydrogens is 562 g/mol. The molecule has 1 N–H and O–H groups in total. The molecule has 0 aliphatic carbocycles. The summed E-state index contributed by atoms with van der Waals surface area (Å²) in [6.07, 6.45) is 2.98. The van der Waals surface area contributed by atoms with Gasteiger partial charge in [0, 0.05) is 36.0 Å². The van der Waals surface area contributed by atoms with E-state index in [0.29, 0.717) is 43.9 Å². The van der Waals surface area contributed by atoms with Crippen LogP contribution in [-0.2, 0) is 9.53 Å². The van der Waals surface area contributed by atoms with Crippen LogP contribution in [0.25, 0.3) is 16.8 Å². The maximum absolute atomic E-state index is 14.3. The highest BCUT2D eigenvalue weighted by Crippen LogP contribution is 2.41. The summed E-state index contributed by atoms with van der Waals surface area (Å²) in [5.41, 5.74) is 2.76. The summed E-state index contributed by atoms with van der Waals surface area (Å²) in [5.74, 6) is 0.137. The van der Waals surface area contributed by atoms with Crippen molar-refractivity contribution in [3.63, 3.8) is 0 Å². The van der Waals surface area contributed by atoms with Crippen LogP contribution in [-0.4, -0.2) is 42.4 Å². The van der Waals surface area contributed by atoms with Gasteiger partial charge >= 0.3 is 5.97 Å². The van der Waals surface area contributed by atoms with Crippen molar-refractivity contribution in [2.75, 3.05) is 31.7 Å². The fourth-order valence-electron chi connectivity index (χ4n) is 5.71. The standard InChI is InChI=1S/C34H37N3O5S/c1-6-12-25-30(33(40)42-9-4)31(29-24-14-11-10-13-21(24)16-18-27(29)41-5)37-32(39)28(43-34(37)35-25)19-22-15-17-23(20-26(22)38)36(7-2)8-3/h10-11,13-20,31,38H,6-9,12H2,1-5H3/b28-19-/t31-/m0/s1. The molecule has 8 nitrogen and oxygen atoms in total. The maximum atomic E-state index is 14.3. The average Bonchev–Trinajstić information content (AvgIpc) is 3.32. The second-order valence-corrected chi connectivity index (χ2v) is 11.2.